The van der Waals surface area contributed by atoms with Crippen LogP contribution in [0, 0.1) is 11.8 Å². The average molecular weight is 283 g/mol. The van der Waals surface area contributed by atoms with Crippen molar-refractivity contribution in [2.45, 2.75) is 52.5 Å². The quantitative estimate of drug-likeness (QED) is 0.679. The average Bonchev–Trinajstić information content (AvgIpc) is 2.97. The summed E-state index contributed by atoms with van der Waals surface area (Å²) in [7, 11) is 1.89. The van der Waals surface area contributed by atoms with Crippen molar-refractivity contribution >= 4 is 5.91 Å². The number of carbonyl (C=O) groups excluding carboxylic acids is 1. The van der Waals surface area contributed by atoms with Gasteiger partial charge in [-0.2, -0.15) is 0 Å². The molecule has 20 heavy (non-hydrogen) atoms. The van der Waals surface area contributed by atoms with E-state index in [-0.39, 0.29) is 11.8 Å². The van der Waals surface area contributed by atoms with Crippen molar-refractivity contribution in [2.75, 3.05) is 33.2 Å². The lowest BCUT2D eigenvalue weighted by Crippen LogP contribution is -2.48. The van der Waals surface area contributed by atoms with E-state index in [1.807, 2.05) is 14.0 Å². The van der Waals surface area contributed by atoms with Gasteiger partial charge in [0.2, 0.25) is 5.91 Å². The Morgan fingerprint density at radius 1 is 1.15 bits per heavy atom. The van der Waals surface area contributed by atoms with E-state index in [1.165, 1.54) is 38.8 Å². The van der Waals surface area contributed by atoms with Gasteiger partial charge in [-0.1, -0.05) is 33.6 Å². The molecule has 1 fully saturated rings. The predicted molar refractivity (Wildman–Crippen MR) is 84.8 cm³/mol. The number of rotatable bonds is 9. The van der Waals surface area contributed by atoms with E-state index < -0.39 is 0 Å². The molecular formula is C16H33N3O. The molecule has 1 saturated heterocycles. The summed E-state index contributed by atoms with van der Waals surface area (Å²) in [6.45, 7) is 10.5. The first-order valence-electron chi connectivity index (χ1n) is 8.30. The third-order valence-corrected chi connectivity index (χ3v) is 4.65. The van der Waals surface area contributed by atoms with Crippen LogP contribution in [-0.4, -0.2) is 50.1 Å². The summed E-state index contributed by atoms with van der Waals surface area (Å²) in [4.78, 5) is 14.7. The fourth-order valence-corrected chi connectivity index (χ4v) is 3.28. The summed E-state index contributed by atoms with van der Waals surface area (Å²) in [5.74, 6) is 0.906. The lowest BCUT2D eigenvalue weighted by atomic mass is 9.92. The van der Waals surface area contributed by atoms with Crippen LogP contribution in [0.3, 0.4) is 0 Å². The number of carbonyl (C=O) groups is 1. The van der Waals surface area contributed by atoms with Crippen molar-refractivity contribution < 1.29 is 4.79 Å². The van der Waals surface area contributed by atoms with E-state index in [4.69, 9.17) is 0 Å². The zero-order valence-electron chi connectivity index (χ0n) is 13.7. The Morgan fingerprint density at radius 2 is 1.75 bits per heavy atom. The maximum Gasteiger partial charge on any atom is 0.224 e. The smallest absolute Gasteiger partial charge is 0.224 e. The van der Waals surface area contributed by atoms with Crippen molar-refractivity contribution in [1.82, 2.24) is 15.5 Å². The van der Waals surface area contributed by atoms with Crippen LogP contribution in [0.2, 0.25) is 0 Å². The highest BCUT2D eigenvalue weighted by Crippen LogP contribution is 2.22. The number of amides is 1. The Bertz CT molecular complexity index is 271. The lowest BCUT2D eigenvalue weighted by Gasteiger charge is -2.34. The molecule has 1 aliphatic heterocycles. The number of likely N-dealkylation sites (tertiary alicyclic amines) is 1. The van der Waals surface area contributed by atoms with Crippen LogP contribution in [0.5, 0.6) is 0 Å². The molecule has 4 heteroatoms. The van der Waals surface area contributed by atoms with Crippen LogP contribution in [0.25, 0.3) is 0 Å². The van der Waals surface area contributed by atoms with Crippen LogP contribution in [-0.2, 0) is 4.79 Å². The highest BCUT2D eigenvalue weighted by atomic mass is 16.1. The highest BCUT2D eigenvalue weighted by Gasteiger charge is 2.28. The van der Waals surface area contributed by atoms with Gasteiger partial charge in [-0.3, -0.25) is 9.69 Å². The zero-order chi connectivity index (χ0) is 15.0. The van der Waals surface area contributed by atoms with Crippen LogP contribution in [0.15, 0.2) is 0 Å². The molecular weight excluding hydrogens is 250 g/mol. The molecule has 118 valence electrons. The first-order chi connectivity index (χ1) is 9.63. The van der Waals surface area contributed by atoms with Gasteiger partial charge < -0.3 is 10.6 Å². The molecule has 0 aromatic carbocycles. The van der Waals surface area contributed by atoms with Gasteiger partial charge in [0.1, 0.15) is 0 Å². The molecule has 0 aromatic heterocycles. The molecule has 0 aliphatic carbocycles. The maximum atomic E-state index is 12.1. The Kier molecular flexibility index (Phi) is 8.15. The van der Waals surface area contributed by atoms with Crippen LogP contribution in [0.4, 0.5) is 0 Å². The first kappa shape index (κ1) is 17.4. The number of nitrogens with zero attached hydrogens (tertiary/aromatic N) is 1. The standard InChI is InChI=1S/C16H33N3O/c1-5-14(6-2)15(19-9-7-8-10-19)12-18-16(20)13(3)11-17-4/h13-15,17H,5-12H2,1-4H3,(H,18,20). The second kappa shape index (κ2) is 9.35. The van der Waals surface area contributed by atoms with Crippen LogP contribution < -0.4 is 10.6 Å². The Hall–Kier alpha value is -0.610. The molecule has 1 aliphatic rings. The molecule has 1 heterocycles. The van der Waals surface area contributed by atoms with Gasteiger partial charge in [0.25, 0.3) is 0 Å². The molecule has 0 bridgehead atoms. The van der Waals surface area contributed by atoms with Gasteiger partial charge in [-0.15, -0.1) is 0 Å². The van der Waals surface area contributed by atoms with Gasteiger partial charge >= 0.3 is 0 Å². The number of hydrogen-bond donors (Lipinski definition) is 2. The van der Waals surface area contributed by atoms with E-state index in [9.17, 15) is 4.79 Å². The molecule has 0 saturated carbocycles. The first-order valence-corrected chi connectivity index (χ1v) is 8.30. The number of hydrogen-bond acceptors (Lipinski definition) is 3. The van der Waals surface area contributed by atoms with Crippen molar-refractivity contribution in [2.24, 2.45) is 11.8 Å². The molecule has 1 rings (SSSR count). The monoisotopic (exact) mass is 283 g/mol. The molecule has 4 nitrogen and oxygen atoms in total. The highest BCUT2D eigenvalue weighted by molar-refractivity contribution is 5.78. The summed E-state index contributed by atoms with van der Waals surface area (Å²) in [5.41, 5.74) is 0. The summed E-state index contributed by atoms with van der Waals surface area (Å²) in [6.07, 6.45) is 5.00. The minimum atomic E-state index is 0.0425. The predicted octanol–water partition coefficient (Wildman–Crippen LogP) is 1.86. The second-order valence-corrected chi connectivity index (χ2v) is 6.09. The summed E-state index contributed by atoms with van der Waals surface area (Å²) in [5, 5.41) is 6.24. The van der Waals surface area contributed by atoms with Gasteiger partial charge in [-0.05, 0) is 38.9 Å². The van der Waals surface area contributed by atoms with Gasteiger partial charge in [0.05, 0.1) is 0 Å². The topological polar surface area (TPSA) is 44.4 Å². The molecule has 2 atom stereocenters. The zero-order valence-corrected chi connectivity index (χ0v) is 13.7. The van der Waals surface area contributed by atoms with Crippen molar-refractivity contribution in [3.8, 4) is 0 Å². The Labute approximate surface area is 124 Å². The van der Waals surface area contributed by atoms with Crippen molar-refractivity contribution in [3.63, 3.8) is 0 Å². The molecule has 0 radical (unpaired) electrons. The Balaban J connectivity index is 2.53. The molecule has 1 amide bonds. The van der Waals surface area contributed by atoms with E-state index in [0.717, 1.165) is 13.1 Å². The van der Waals surface area contributed by atoms with Gasteiger partial charge in [0.15, 0.2) is 0 Å². The van der Waals surface area contributed by atoms with E-state index >= 15 is 0 Å². The Morgan fingerprint density at radius 3 is 2.25 bits per heavy atom. The third-order valence-electron chi connectivity index (χ3n) is 4.65. The normalized spacial score (nSPS) is 19.2. The van der Waals surface area contributed by atoms with Crippen LogP contribution >= 0.6 is 0 Å². The third kappa shape index (κ3) is 5.06. The minimum Gasteiger partial charge on any atom is -0.354 e. The van der Waals surface area contributed by atoms with Gasteiger partial charge in [-0.25, -0.2) is 0 Å². The molecule has 0 spiro atoms. The molecule has 0 aromatic rings. The van der Waals surface area contributed by atoms with E-state index in [1.54, 1.807) is 0 Å². The fraction of sp³-hybridized carbons (Fsp3) is 0.938. The minimum absolute atomic E-state index is 0.0425. The lowest BCUT2D eigenvalue weighted by molar-refractivity contribution is -0.124. The second-order valence-electron chi connectivity index (χ2n) is 6.09. The summed E-state index contributed by atoms with van der Waals surface area (Å²) in [6, 6.07) is 0.512. The van der Waals surface area contributed by atoms with E-state index in [0.29, 0.717) is 12.0 Å². The van der Waals surface area contributed by atoms with E-state index in [2.05, 4.69) is 29.4 Å². The van der Waals surface area contributed by atoms with Gasteiger partial charge in [0, 0.05) is 25.0 Å². The fourth-order valence-electron chi connectivity index (χ4n) is 3.28. The van der Waals surface area contributed by atoms with Crippen molar-refractivity contribution in [1.29, 1.82) is 0 Å². The van der Waals surface area contributed by atoms with Crippen LogP contribution in [0.1, 0.15) is 46.5 Å². The van der Waals surface area contributed by atoms with Crippen molar-refractivity contribution in [3.05, 3.63) is 0 Å². The number of nitrogens with one attached hydrogen (secondary N) is 2. The SMILES string of the molecule is CCC(CC)C(CNC(=O)C(C)CNC)N1CCCC1. The summed E-state index contributed by atoms with van der Waals surface area (Å²) < 4.78 is 0. The molecule has 2 unspecified atom stereocenters. The maximum absolute atomic E-state index is 12.1. The molecule has 2 N–H and O–H groups in total. The summed E-state index contributed by atoms with van der Waals surface area (Å²) >= 11 is 0. The largest absolute Gasteiger partial charge is 0.354 e.